The first-order chi connectivity index (χ1) is 8.61. The first-order valence-corrected chi connectivity index (χ1v) is 7.58. The molecule has 1 saturated heterocycles. The number of nitrogens with zero attached hydrogens (tertiary/aromatic N) is 1. The van der Waals surface area contributed by atoms with E-state index < -0.39 is 5.97 Å². The Balaban J connectivity index is 1.82. The van der Waals surface area contributed by atoms with Crippen LogP contribution >= 0.6 is 0 Å². The van der Waals surface area contributed by atoms with Gasteiger partial charge >= 0.3 is 5.97 Å². The fourth-order valence-electron chi connectivity index (χ4n) is 3.83. The molecule has 1 aliphatic heterocycles. The molecule has 2 fully saturated rings. The van der Waals surface area contributed by atoms with Crippen LogP contribution in [0, 0.1) is 17.8 Å². The summed E-state index contributed by atoms with van der Waals surface area (Å²) in [6, 6.07) is 0.657. The van der Waals surface area contributed by atoms with Crippen LogP contribution in [0.2, 0.25) is 0 Å². The summed E-state index contributed by atoms with van der Waals surface area (Å²) in [4.78, 5) is 13.6. The summed E-state index contributed by atoms with van der Waals surface area (Å²) >= 11 is 0. The summed E-state index contributed by atoms with van der Waals surface area (Å²) < 4.78 is 0. The molecule has 0 spiro atoms. The maximum atomic E-state index is 11.2. The average molecular weight is 253 g/mol. The molecular weight excluding hydrogens is 226 g/mol. The van der Waals surface area contributed by atoms with Crippen molar-refractivity contribution in [3.63, 3.8) is 0 Å². The SMILES string of the molecule is CCCC1CCC(N2C[C@@H](C)[C@H](C(=O)O)C2)CC1. The fraction of sp³-hybridized carbons (Fsp3) is 0.933. The van der Waals surface area contributed by atoms with E-state index in [2.05, 4.69) is 18.7 Å². The van der Waals surface area contributed by atoms with Crippen molar-refractivity contribution >= 4 is 5.97 Å². The molecule has 0 amide bonds. The smallest absolute Gasteiger partial charge is 0.308 e. The zero-order valence-corrected chi connectivity index (χ0v) is 11.8. The number of hydrogen-bond donors (Lipinski definition) is 1. The summed E-state index contributed by atoms with van der Waals surface area (Å²) in [7, 11) is 0. The summed E-state index contributed by atoms with van der Waals surface area (Å²) in [6.45, 7) is 6.12. The second-order valence-electron chi connectivity index (χ2n) is 6.34. The van der Waals surface area contributed by atoms with Crippen LogP contribution < -0.4 is 0 Å². The maximum absolute atomic E-state index is 11.2. The second-order valence-corrected chi connectivity index (χ2v) is 6.34. The molecule has 1 saturated carbocycles. The van der Waals surface area contributed by atoms with Crippen molar-refractivity contribution < 1.29 is 9.90 Å². The highest BCUT2D eigenvalue weighted by Crippen LogP contribution is 2.34. The van der Waals surface area contributed by atoms with Gasteiger partial charge in [-0.15, -0.1) is 0 Å². The Kier molecular flexibility index (Phi) is 4.66. The predicted octanol–water partition coefficient (Wildman–Crippen LogP) is 3.00. The zero-order chi connectivity index (χ0) is 13.1. The lowest BCUT2D eigenvalue weighted by molar-refractivity contribution is -0.142. The molecule has 104 valence electrons. The Morgan fingerprint density at radius 2 is 1.89 bits per heavy atom. The van der Waals surface area contributed by atoms with E-state index in [-0.39, 0.29) is 5.92 Å². The van der Waals surface area contributed by atoms with E-state index in [4.69, 9.17) is 0 Å². The molecule has 2 aliphatic rings. The van der Waals surface area contributed by atoms with Gasteiger partial charge in [-0.05, 0) is 37.5 Å². The highest BCUT2D eigenvalue weighted by molar-refractivity contribution is 5.71. The van der Waals surface area contributed by atoms with E-state index in [1.165, 1.54) is 38.5 Å². The highest BCUT2D eigenvalue weighted by Gasteiger charge is 2.38. The summed E-state index contributed by atoms with van der Waals surface area (Å²) in [5.41, 5.74) is 0. The quantitative estimate of drug-likeness (QED) is 0.837. The van der Waals surface area contributed by atoms with Crippen LogP contribution in [0.15, 0.2) is 0 Å². The van der Waals surface area contributed by atoms with Gasteiger partial charge in [0, 0.05) is 19.1 Å². The number of carboxylic acids is 1. The number of aliphatic carboxylic acids is 1. The largest absolute Gasteiger partial charge is 0.481 e. The number of carboxylic acid groups (broad SMARTS) is 1. The van der Waals surface area contributed by atoms with Crippen molar-refractivity contribution in [1.82, 2.24) is 4.90 Å². The lowest BCUT2D eigenvalue weighted by Crippen LogP contribution is -2.37. The summed E-state index contributed by atoms with van der Waals surface area (Å²) in [6.07, 6.45) is 7.94. The van der Waals surface area contributed by atoms with E-state index in [9.17, 15) is 9.90 Å². The van der Waals surface area contributed by atoms with Gasteiger partial charge in [0.1, 0.15) is 0 Å². The Hall–Kier alpha value is -0.570. The molecule has 0 aromatic rings. The topological polar surface area (TPSA) is 40.5 Å². The Bertz CT molecular complexity index is 284. The van der Waals surface area contributed by atoms with Crippen LogP contribution in [0.3, 0.4) is 0 Å². The average Bonchev–Trinajstić information content (AvgIpc) is 2.73. The molecular formula is C15H27NO2. The zero-order valence-electron chi connectivity index (χ0n) is 11.8. The van der Waals surface area contributed by atoms with Crippen molar-refractivity contribution in [1.29, 1.82) is 0 Å². The molecule has 0 bridgehead atoms. The van der Waals surface area contributed by atoms with Crippen molar-refractivity contribution in [3.8, 4) is 0 Å². The second kappa shape index (κ2) is 6.05. The third-order valence-electron chi connectivity index (χ3n) is 4.99. The van der Waals surface area contributed by atoms with E-state index in [0.29, 0.717) is 12.0 Å². The summed E-state index contributed by atoms with van der Waals surface area (Å²) in [5, 5.41) is 9.19. The number of rotatable bonds is 4. The van der Waals surface area contributed by atoms with Gasteiger partial charge in [-0.25, -0.2) is 0 Å². The lowest BCUT2D eigenvalue weighted by Gasteiger charge is -2.34. The highest BCUT2D eigenvalue weighted by atomic mass is 16.4. The minimum absolute atomic E-state index is 0.140. The molecule has 0 aromatic carbocycles. The molecule has 18 heavy (non-hydrogen) atoms. The maximum Gasteiger partial charge on any atom is 0.308 e. The number of likely N-dealkylation sites (tertiary alicyclic amines) is 1. The first-order valence-electron chi connectivity index (χ1n) is 7.58. The predicted molar refractivity (Wildman–Crippen MR) is 72.5 cm³/mol. The molecule has 0 radical (unpaired) electrons. The molecule has 3 heteroatoms. The minimum atomic E-state index is -0.607. The Morgan fingerprint density at radius 3 is 2.39 bits per heavy atom. The van der Waals surface area contributed by atoms with Gasteiger partial charge in [-0.2, -0.15) is 0 Å². The number of carbonyl (C=O) groups is 1. The Labute approximate surface area is 111 Å². The third-order valence-corrected chi connectivity index (χ3v) is 4.99. The normalized spacial score (nSPS) is 37.9. The molecule has 1 aliphatic carbocycles. The summed E-state index contributed by atoms with van der Waals surface area (Å²) in [5.74, 6) is 0.500. The van der Waals surface area contributed by atoms with Gasteiger partial charge in [-0.3, -0.25) is 9.69 Å². The van der Waals surface area contributed by atoms with Crippen LogP contribution in [-0.4, -0.2) is 35.1 Å². The van der Waals surface area contributed by atoms with Crippen molar-refractivity contribution in [3.05, 3.63) is 0 Å². The van der Waals surface area contributed by atoms with E-state index in [1.54, 1.807) is 0 Å². The fourth-order valence-corrected chi connectivity index (χ4v) is 3.83. The van der Waals surface area contributed by atoms with Crippen LogP contribution in [0.1, 0.15) is 52.4 Å². The van der Waals surface area contributed by atoms with Gasteiger partial charge in [0.2, 0.25) is 0 Å². The van der Waals surface area contributed by atoms with Crippen LogP contribution in [0.4, 0.5) is 0 Å². The molecule has 2 atom stereocenters. The molecule has 0 aromatic heterocycles. The van der Waals surface area contributed by atoms with E-state index in [0.717, 1.165) is 19.0 Å². The van der Waals surface area contributed by atoms with Gasteiger partial charge in [-0.1, -0.05) is 26.7 Å². The van der Waals surface area contributed by atoms with Crippen LogP contribution in [0.5, 0.6) is 0 Å². The Morgan fingerprint density at radius 1 is 1.22 bits per heavy atom. The van der Waals surface area contributed by atoms with Crippen molar-refractivity contribution in [2.75, 3.05) is 13.1 Å². The minimum Gasteiger partial charge on any atom is -0.481 e. The molecule has 1 N–H and O–H groups in total. The van der Waals surface area contributed by atoms with Crippen molar-refractivity contribution in [2.45, 2.75) is 58.4 Å². The molecule has 1 heterocycles. The van der Waals surface area contributed by atoms with Gasteiger partial charge in [0.15, 0.2) is 0 Å². The first kappa shape index (κ1) is 13.9. The monoisotopic (exact) mass is 253 g/mol. The molecule has 0 unspecified atom stereocenters. The van der Waals surface area contributed by atoms with Crippen molar-refractivity contribution in [2.24, 2.45) is 17.8 Å². The third kappa shape index (κ3) is 3.05. The molecule has 2 rings (SSSR count). The number of hydrogen-bond acceptors (Lipinski definition) is 2. The van der Waals surface area contributed by atoms with Crippen LogP contribution in [-0.2, 0) is 4.79 Å². The van der Waals surface area contributed by atoms with E-state index >= 15 is 0 Å². The van der Waals surface area contributed by atoms with Crippen LogP contribution in [0.25, 0.3) is 0 Å². The lowest BCUT2D eigenvalue weighted by atomic mass is 9.83. The van der Waals surface area contributed by atoms with E-state index in [1.807, 2.05) is 0 Å². The van der Waals surface area contributed by atoms with Gasteiger partial charge < -0.3 is 5.11 Å². The van der Waals surface area contributed by atoms with Gasteiger partial charge in [0.25, 0.3) is 0 Å². The standard InChI is InChI=1S/C15H27NO2/c1-3-4-12-5-7-13(8-6-12)16-9-11(2)14(10-16)15(17)18/h11-14H,3-10H2,1-2H3,(H,17,18)/t11-,12?,13?,14-/m1/s1. The molecule has 3 nitrogen and oxygen atoms in total. The van der Waals surface area contributed by atoms with Gasteiger partial charge in [0.05, 0.1) is 5.92 Å².